The van der Waals surface area contributed by atoms with Gasteiger partial charge in [-0.1, -0.05) is 25.4 Å². The third-order valence-electron chi connectivity index (χ3n) is 5.49. The number of rotatable bonds is 9. The highest BCUT2D eigenvalue weighted by molar-refractivity contribution is 6.34. The SMILES string of the molecule is CCN(CC)CCC[C@H](C)Nc1c2cc(OC)ccc2nc2cc(Cl)c(N)cc12. The molecule has 0 saturated heterocycles. The van der Waals surface area contributed by atoms with E-state index in [-0.39, 0.29) is 0 Å². The number of hydrogen-bond acceptors (Lipinski definition) is 5. The van der Waals surface area contributed by atoms with Crippen molar-refractivity contribution in [2.45, 2.75) is 39.7 Å². The minimum Gasteiger partial charge on any atom is -0.497 e. The number of fused-ring (bicyclic) bond motifs is 2. The molecule has 0 fully saturated rings. The maximum absolute atomic E-state index is 6.26. The molecule has 0 aliphatic heterocycles. The molecule has 5 nitrogen and oxygen atoms in total. The molecule has 0 bridgehead atoms. The molecule has 29 heavy (non-hydrogen) atoms. The Bertz CT molecular complexity index is 988. The first kappa shape index (κ1) is 21.5. The van der Waals surface area contributed by atoms with Crippen LogP contribution in [0.1, 0.15) is 33.6 Å². The highest BCUT2D eigenvalue weighted by Crippen LogP contribution is 2.36. The quantitative estimate of drug-likeness (QED) is 0.354. The fourth-order valence-corrected chi connectivity index (χ4v) is 3.88. The van der Waals surface area contributed by atoms with Crippen molar-refractivity contribution in [3.05, 3.63) is 35.4 Å². The molecule has 0 amide bonds. The predicted molar refractivity (Wildman–Crippen MR) is 125 cm³/mol. The molecule has 1 aromatic heterocycles. The van der Waals surface area contributed by atoms with Crippen molar-refractivity contribution < 1.29 is 4.74 Å². The Balaban J connectivity index is 1.97. The number of nitrogens with zero attached hydrogens (tertiary/aromatic N) is 2. The molecule has 1 atom stereocenters. The third-order valence-corrected chi connectivity index (χ3v) is 5.82. The summed E-state index contributed by atoms with van der Waals surface area (Å²) in [7, 11) is 1.68. The number of halogens is 1. The van der Waals surface area contributed by atoms with Crippen LogP contribution in [0.4, 0.5) is 11.4 Å². The van der Waals surface area contributed by atoms with Gasteiger partial charge in [0.1, 0.15) is 5.75 Å². The molecule has 3 rings (SSSR count). The fraction of sp³-hybridized carbons (Fsp3) is 0.435. The van der Waals surface area contributed by atoms with Gasteiger partial charge < -0.3 is 20.7 Å². The minimum absolute atomic E-state index is 0.308. The Morgan fingerprint density at radius 2 is 1.86 bits per heavy atom. The van der Waals surface area contributed by atoms with Gasteiger partial charge in [0.05, 0.1) is 34.5 Å². The average Bonchev–Trinajstić information content (AvgIpc) is 2.72. The number of ether oxygens (including phenoxy) is 1. The van der Waals surface area contributed by atoms with Gasteiger partial charge in [0.2, 0.25) is 0 Å². The van der Waals surface area contributed by atoms with Crippen molar-refractivity contribution in [1.29, 1.82) is 0 Å². The molecule has 0 spiro atoms. The molecule has 0 saturated carbocycles. The van der Waals surface area contributed by atoms with Crippen molar-refractivity contribution in [3.8, 4) is 5.75 Å². The largest absolute Gasteiger partial charge is 0.497 e. The highest BCUT2D eigenvalue weighted by atomic mass is 35.5. The van der Waals surface area contributed by atoms with E-state index in [4.69, 9.17) is 27.1 Å². The molecular weight excluding hydrogens is 384 g/mol. The zero-order valence-electron chi connectivity index (χ0n) is 17.8. The second kappa shape index (κ2) is 9.51. The Kier molecular flexibility index (Phi) is 7.04. The van der Waals surface area contributed by atoms with E-state index in [1.54, 1.807) is 7.11 Å². The zero-order chi connectivity index (χ0) is 21.0. The van der Waals surface area contributed by atoms with E-state index >= 15 is 0 Å². The number of benzene rings is 2. The molecule has 0 aliphatic rings. The number of nitrogen functional groups attached to an aromatic ring is 1. The van der Waals surface area contributed by atoms with Crippen LogP contribution in [0.3, 0.4) is 0 Å². The van der Waals surface area contributed by atoms with Gasteiger partial charge in [0.15, 0.2) is 0 Å². The van der Waals surface area contributed by atoms with Crippen molar-refractivity contribution in [2.75, 3.05) is 37.8 Å². The number of nitrogens with two attached hydrogens (primary N) is 1. The van der Waals surface area contributed by atoms with Gasteiger partial charge in [-0.05, 0) is 69.7 Å². The Hall–Kier alpha value is -2.24. The van der Waals surface area contributed by atoms with E-state index in [0.29, 0.717) is 16.8 Å². The Labute approximate surface area is 178 Å². The summed E-state index contributed by atoms with van der Waals surface area (Å²) >= 11 is 6.26. The van der Waals surface area contributed by atoms with Crippen LogP contribution in [0.2, 0.25) is 5.02 Å². The van der Waals surface area contributed by atoms with Crippen LogP contribution in [0.5, 0.6) is 5.75 Å². The van der Waals surface area contributed by atoms with E-state index < -0.39 is 0 Å². The second-order valence-corrected chi connectivity index (χ2v) is 7.88. The summed E-state index contributed by atoms with van der Waals surface area (Å²) < 4.78 is 5.45. The molecule has 156 valence electrons. The van der Waals surface area contributed by atoms with Crippen LogP contribution in [0.15, 0.2) is 30.3 Å². The summed E-state index contributed by atoms with van der Waals surface area (Å²) in [5.41, 5.74) is 9.43. The van der Waals surface area contributed by atoms with Gasteiger partial charge in [-0.25, -0.2) is 4.98 Å². The van der Waals surface area contributed by atoms with Crippen LogP contribution < -0.4 is 15.8 Å². The minimum atomic E-state index is 0.308. The number of pyridine rings is 1. The molecular formula is C23H31ClN4O. The summed E-state index contributed by atoms with van der Waals surface area (Å²) in [5.74, 6) is 0.804. The van der Waals surface area contributed by atoms with Crippen molar-refractivity contribution in [3.63, 3.8) is 0 Å². The standard InChI is InChI=1S/C23H31ClN4O/c1-5-28(6-2)11-7-8-15(3)26-23-17-12-16(29-4)9-10-21(17)27-22-14-19(24)20(25)13-18(22)23/h9-10,12-15H,5-8,11,25H2,1-4H3,(H,26,27)/t15-/m0/s1. The van der Waals surface area contributed by atoms with Gasteiger partial charge in [0, 0.05) is 16.8 Å². The highest BCUT2D eigenvalue weighted by Gasteiger charge is 2.14. The molecule has 3 aromatic rings. The lowest BCUT2D eigenvalue weighted by Crippen LogP contribution is -2.25. The zero-order valence-corrected chi connectivity index (χ0v) is 18.5. The van der Waals surface area contributed by atoms with Crippen molar-refractivity contribution >= 4 is 44.8 Å². The second-order valence-electron chi connectivity index (χ2n) is 7.48. The molecule has 2 aromatic carbocycles. The smallest absolute Gasteiger partial charge is 0.119 e. The summed E-state index contributed by atoms with van der Waals surface area (Å²) in [6, 6.07) is 9.99. The lowest BCUT2D eigenvalue weighted by atomic mass is 10.0. The maximum atomic E-state index is 6.26. The van der Waals surface area contributed by atoms with Crippen LogP contribution in [-0.4, -0.2) is 42.7 Å². The summed E-state index contributed by atoms with van der Waals surface area (Å²) in [5, 5.41) is 6.24. The summed E-state index contributed by atoms with van der Waals surface area (Å²) in [6.07, 6.45) is 2.23. The Morgan fingerprint density at radius 1 is 1.14 bits per heavy atom. The normalized spacial score (nSPS) is 12.6. The lowest BCUT2D eigenvalue weighted by Gasteiger charge is -2.22. The first-order chi connectivity index (χ1) is 14.0. The van der Waals surface area contributed by atoms with E-state index in [9.17, 15) is 0 Å². The van der Waals surface area contributed by atoms with E-state index in [1.807, 2.05) is 30.3 Å². The van der Waals surface area contributed by atoms with Crippen LogP contribution in [0.25, 0.3) is 21.8 Å². The van der Waals surface area contributed by atoms with Crippen molar-refractivity contribution in [2.24, 2.45) is 0 Å². The van der Waals surface area contributed by atoms with Crippen LogP contribution in [0, 0.1) is 0 Å². The van der Waals surface area contributed by atoms with Gasteiger partial charge in [0.25, 0.3) is 0 Å². The molecule has 0 radical (unpaired) electrons. The average molecular weight is 415 g/mol. The number of aromatic nitrogens is 1. The lowest BCUT2D eigenvalue weighted by molar-refractivity contribution is 0.295. The monoisotopic (exact) mass is 414 g/mol. The third kappa shape index (κ3) is 4.85. The van der Waals surface area contributed by atoms with E-state index in [0.717, 1.165) is 65.7 Å². The topological polar surface area (TPSA) is 63.4 Å². The van der Waals surface area contributed by atoms with Gasteiger partial charge in [-0.3, -0.25) is 0 Å². The number of methoxy groups -OCH3 is 1. The van der Waals surface area contributed by atoms with Crippen LogP contribution in [-0.2, 0) is 0 Å². The van der Waals surface area contributed by atoms with Crippen LogP contribution >= 0.6 is 11.6 Å². The van der Waals surface area contributed by atoms with Gasteiger partial charge >= 0.3 is 0 Å². The molecule has 6 heteroatoms. The van der Waals surface area contributed by atoms with E-state index in [2.05, 4.69) is 31.0 Å². The first-order valence-corrected chi connectivity index (χ1v) is 10.7. The molecule has 1 heterocycles. The van der Waals surface area contributed by atoms with Gasteiger partial charge in [-0.15, -0.1) is 0 Å². The summed E-state index contributed by atoms with van der Waals surface area (Å²) in [6.45, 7) is 9.95. The fourth-order valence-electron chi connectivity index (χ4n) is 3.72. The maximum Gasteiger partial charge on any atom is 0.119 e. The number of hydrogen-bond donors (Lipinski definition) is 2. The number of anilines is 2. The van der Waals surface area contributed by atoms with E-state index in [1.165, 1.54) is 0 Å². The molecule has 0 unspecified atom stereocenters. The first-order valence-electron chi connectivity index (χ1n) is 10.3. The van der Waals surface area contributed by atoms with Crippen molar-refractivity contribution in [1.82, 2.24) is 9.88 Å². The summed E-state index contributed by atoms with van der Waals surface area (Å²) in [4.78, 5) is 7.24. The number of nitrogens with one attached hydrogen (secondary N) is 1. The molecule has 0 aliphatic carbocycles. The Morgan fingerprint density at radius 3 is 2.55 bits per heavy atom. The molecule has 3 N–H and O–H groups in total. The van der Waals surface area contributed by atoms with Gasteiger partial charge in [-0.2, -0.15) is 0 Å². The predicted octanol–water partition coefficient (Wildman–Crippen LogP) is 5.55.